The van der Waals surface area contributed by atoms with Crippen LogP contribution in [0.2, 0.25) is 0 Å². The standard InChI is InChI=1S/C13H23Br/c1-10-3-5-11(6-4-10)13(2)8-7-12(14)9-13/h10-12H,3-9H2,1-2H3. The van der Waals surface area contributed by atoms with E-state index in [0.717, 1.165) is 16.7 Å². The van der Waals surface area contributed by atoms with Gasteiger partial charge in [-0.05, 0) is 49.4 Å². The van der Waals surface area contributed by atoms with Crippen molar-refractivity contribution < 1.29 is 0 Å². The SMILES string of the molecule is CC1CCC(C2(C)CCC(Br)C2)CC1. The molecule has 2 aliphatic carbocycles. The number of alkyl halides is 1. The lowest BCUT2D eigenvalue weighted by atomic mass is 9.67. The van der Waals surface area contributed by atoms with E-state index >= 15 is 0 Å². The lowest BCUT2D eigenvalue weighted by Gasteiger charge is -2.38. The summed E-state index contributed by atoms with van der Waals surface area (Å²) in [4.78, 5) is 0.812. The third-order valence-electron chi connectivity index (χ3n) is 4.72. The van der Waals surface area contributed by atoms with Crippen LogP contribution < -0.4 is 0 Å². The molecule has 0 heterocycles. The van der Waals surface area contributed by atoms with Crippen molar-refractivity contribution in [2.75, 3.05) is 0 Å². The van der Waals surface area contributed by atoms with Crippen LogP contribution in [0.5, 0.6) is 0 Å². The highest BCUT2D eigenvalue weighted by Gasteiger charge is 2.41. The van der Waals surface area contributed by atoms with E-state index in [1.165, 1.54) is 44.9 Å². The van der Waals surface area contributed by atoms with Gasteiger partial charge in [0, 0.05) is 4.83 Å². The van der Waals surface area contributed by atoms with Gasteiger partial charge in [0.15, 0.2) is 0 Å². The maximum atomic E-state index is 3.79. The highest BCUT2D eigenvalue weighted by molar-refractivity contribution is 9.09. The maximum Gasteiger partial charge on any atom is 0.0151 e. The van der Waals surface area contributed by atoms with E-state index in [9.17, 15) is 0 Å². The van der Waals surface area contributed by atoms with E-state index in [-0.39, 0.29) is 0 Å². The summed E-state index contributed by atoms with van der Waals surface area (Å²) in [5, 5.41) is 0. The molecule has 0 N–H and O–H groups in total. The monoisotopic (exact) mass is 258 g/mol. The number of halogens is 1. The molecule has 0 bridgehead atoms. The molecule has 2 aliphatic rings. The van der Waals surface area contributed by atoms with Crippen molar-refractivity contribution >= 4 is 15.9 Å². The van der Waals surface area contributed by atoms with E-state index in [4.69, 9.17) is 0 Å². The van der Waals surface area contributed by atoms with Crippen molar-refractivity contribution in [3.8, 4) is 0 Å². The van der Waals surface area contributed by atoms with Gasteiger partial charge in [0.25, 0.3) is 0 Å². The van der Waals surface area contributed by atoms with Gasteiger partial charge in [0.2, 0.25) is 0 Å². The normalized spacial score (nSPS) is 49.5. The Morgan fingerprint density at radius 3 is 2.21 bits per heavy atom. The predicted octanol–water partition coefficient (Wildman–Crippen LogP) is 4.77. The van der Waals surface area contributed by atoms with Gasteiger partial charge in [-0.2, -0.15) is 0 Å². The molecule has 0 aromatic carbocycles. The second kappa shape index (κ2) is 4.15. The molecule has 2 atom stereocenters. The Morgan fingerprint density at radius 2 is 1.71 bits per heavy atom. The van der Waals surface area contributed by atoms with Crippen LogP contribution in [-0.4, -0.2) is 4.83 Å². The first-order chi connectivity index (χ1) is 6.60. The van der Waals surface area contributed by atoms with Crippen molar-refractivity contribution in [3.63, 3.8) is 0 Å². The van der Waals surface area contributed by atoms with Crippen LogP contribution in [0, 0.1) is 17.3 Å². The number of hydrogen-bond acceptors (Lipinski definition) is 0. The molecule has 0 amide bonds. The smallest absolute Gasteiger partial charge is 0.0151 e. The van der Waals surface area contributed by atoms with Gasteiger partial charge >= 0.3 is 0 Å². The highest BCUT2D eigenvalue weighted by Crippen LogP contribution is 2.51. The molecule has 0 nitrogen and oxygen atoms in total. The van der Waals surface area contributed by atoms with Gasteiger partial charge in [-0.3, -0.25) is 0 Å². The highest BCUT2D eigenvalue weighted by atomic mass is 79.9. The fraction of sp³-hybridized carbons (Fsp3) is 1.00. The van der Waals surface area contributed by atoms with Crippen molar-refractivity contribution in [3.05, 3.63) is 0 Å². The summed E-state index contributed by atoms with van der Waals surface area (Å²) >= 11 is 3.79. The van der Waals surface area contributed by atoms with Crippen LogP contribution >= 0.6 is 15.9 Å². The molecular weight excluding hydrogens is 236 g/mol. The molecule has 0 spiro atoms. The molecule has 0 saturated heterocycles. The molecule has 2 unspecified atom stereocenters. The predicted molar refractivity (Wildman–Crippen MR) is 65.8 cm³/mol. The van der Waals surface area contributed by atoms with Crippen molar-refractivity contribution in [2.45, 2.75) is 63.6 Å². The zero-order valence-electron chi connectivity index (χ0n) is 9.56. The summed E-state index contributed by atoms with van der Waals surface area (Å²) in [6.45, 7) is 4.95. The van der Waals surface area contributed by atoms with Crippen LogP contribution in [-0.2, 0) is 0 Å². The molecule has 2 fully saturated rings. The molecule has 82 valence electrons. The summed E-state index contributed by atoms with van der Waals surface area (Å²) in [6, 6.07) is 0. The molecule has 0 aromatic rings. The second-order valence-electron chi connectivity index (χ2n) is 5.95. The third kappa shape index (κ3) is 2.18. The molecule has 2 saturated carbocycles. The summed E-state index contributed by atoms with van der Waals surface area (Å²) < 4.78 is 0. The van der Waals surface area contributed by atoms with Gasteiger partial charge in [-0.15, -0.1) is 0 Å². The van der Waals surface area contributed by atoms with Gasteiger partial charge in [-0.25, -0.2) is 0 Å². The van der Waals surface area contributed by atoms with Crippen molar-refractivity contribution in [1.82, 2.24) is 0 Å². The Balaban J connectivity index is 1.94. The van der Waals surface area contributed by atoms with Gasteiger partial charge < -0.3 is 0 Å². The minimum Gasteiger partial charge on any atom is -0.0890 e. The average Bonchev–Trinajstić information content (AvgIpc) is 2.48. The van der Waals surface area contributed by atoms with Gasteiger partial charge in [-0.1, -0.05) is 42.6 Å². The van der Waals surface area contributed by atoms with Crippen LogP contribution in [0.15, 0.2) is 0 Å². The lowest BCUT2D eigenvalue weighted by molar-refractivity contribution is 0.126. The Morgan fingerprint density at radius 1 is 1.07 bits per heavy atom. The summed E-state index contributed by atoms with van der Waals surface area (Å²) in [7, 11) is 0. The minimum atomic E-state index is 0.675. The minimum absolute atomic E-state index is 0.675. The number of rotatable bonds is 1. The molecule has 14 heavy (non-hydrogen) atoms. The first-order valence-electron chi connectivity index (χ1n) is 6.24. The fourth-order valence-electron chi connectivity index (χ4n) is 3.52. The van der Waals surface area contributed by atoms with Crippen LogP contribution in [0.1, 0.15) is 58.8 Å². The zero-order valence-corrected chi connectivity index (χ0v) is 11.1. The lowest BCUT2D eigenvalue weighted by Crippen LogP contribution is -2.28. The Hall–Kier alpha value is 0.480. The van der Waals surface area contributed by atoms with Gasteiger partial charge in [0.1, 0.15) is 0 Å². The van der Waals surface area contributed by atoms with Crippen LogP contribution in [0.3, 0.4) is 0 Å². The topological polar surface area (TPSA) is 0 Å². The second-order valence-corrected chi connectivity index (χ2v) is 7.25. The average molecular weight is 259 g/mol. The quantitative estimate of drug-likeness (QED) is 0.595. The van der Waals surface area contributed by atoms with E-state index in [0.29, 0.717) is 5.41 Å². The number of hydrogen-bond donors (Lipinski definition) is 0. The third-order valence-corrected chi connectivity index (χ3v) is 5.50. The molecular formula is C13H23Br. The van der Waals surface area contributed by atoms with Crippen LogP contribution in [0.25, 0.3) is 0 Å². The maximum absolute atomic E-state index is 3.79. The largest absolute Gasteiger partial charge is 0.0890 e. The van der Waals surface area contributed by atoms with E-state index in [1.54, 1.807) is 0 Å². The Bertz CT molecular complexity index is 193. The Kier molecular flexibility index (Phi) is 3.26. The van der Waals surface area contributed by atoms with E-state index in [1.807, 2.05) is 0 Å². The summed E-state index contributed by atoms with van der Waals surface area (Å²) in [5.74, 6) is 2.03. The van der Waals surface area contributed by atoms with E-state index in [2.05, 4.69) is 29.8 Å². The van der Waals surface area contributed by atoms with Crippen LogP contribution in [0.4, 0.5) is 0 Å². The zero-order chi connectivity index (χ0) is 10.2. The molecule has 1 heteroatoms. The summed E-state index contributed by atoms with van der Waals surface area (Å²) in [6.07, 6.45) is 10.2. The molecule has 2 rings (SSSR count). The van der Waals surface area contributed by atoms with Crippen molar-refractivity contribution in [1.29, 1.82) is 0 Å². The molecule has 0 aromatic heterocycles. The Labute approximate surface area is 97.0 Å². The van der Waals surface area contributed by atoms with Gasteiger partial charge in [0.05, 0.1) is 0 Å². The van der Waals surface area contributed by atoms with E-state index < -0.39 is 0 Å². The fourth-order valence-corrected chi connectivity index (χ4v) is 4.49. The molecule has 0 radical (unpaired) electrons. The first-order valence-corrected chi connectivity index (χ1v) is 7.16. The summed E-state index contributed by atoms with van der Waals surface area (Å²) in [5.41, 5.74) is 0.675. The first kappa shape index (κ1) is 11.0. The molecule has 0 aliphatic heterocycles. The van der Waals surface area contributed by atoms with Crippen molar-refractivity contribution in [2.24, 2.45) is 17.3 Å².